The second kappa shape index (κ2) is 7.92. The molecule has 0 saturated carbocycles. The van der Waals surface area contributed by atoms with E-state index in [0.29, 0.717) is 12.4 Å². The zero-order valence-corrected chi connectivity index (χ0v) is 8.08. The van der Waals surface area contributed by atoms with Crippen molar-refractivity contribution < 1.29 is 9.53 Å². The fraction of sp³-hybridized carbons (Fsp3) is 0.875. The molecule has 0 unspecified atom stereocenters. The first-order chi connectivity index (χ1) is 5.31. The number of hydrogen-bond donors (Lipinski definition) is 0. The van der Waals surface area contributed by atoms with Crippen LogP contribution in [0, 0.1) is 0 Å². The molecule has 0 atom stereocenters. The molecule has 0 radical (unpaired) electrons. The van der Waals surface area contributed by atoms with Crippen LogP contribution in [0.2, 0.25) is 0 Å². The van der Waals surface area contributed by atoms with Gasteiger partial charge in [0.15, 0.2) is 0 Å². The van der Waals surface area contributed by atoms with E-state index >= 15 is 0 Å². The third-order valence-corrected chi connectivity index (χ3v) is 2.03. The minimum Gasteiger partial charge on any atom is -0.465 e. The highest BCUT2D eigenvalue weighted by molar-refractivity contribution is 7.99. The van der Waals surface area contributed by atoms with Gasteiger partial charge < -0.3 is 4.74 Å². The van der Waals surface area contributed by atoms with E-state index in [1.54, 1.807) is 11.8 Å². The van der Waals surface area contributed by atoms with Crippen LogP contribution >= 0.6 is 11.8 Å². The zero-order chi connectivity index (χ0) is 8.53. The summed E-state index contributed by atoms with van der Waals surface area (Å²) in [7, 11) is 0. The lowest BCUT2D eigenvalue weighted by Crippen LogP contribution is -2.08. The molecule has 11 heavy (non-hydrogen) atoms. The highest BCUT2D eigenvalue weighted by atomic mass is 32.2. The SMILES string of the molecule is CCCCOC(=O)CSCC. The van der Waals surface area contributed by atoms with Crippen LogP contribution in [-0.4, -0.2) is 24.1 Å². The quantitative estimate of drug-likeness (QED) is 0.458. The third kappa shape index (κ3) is 7.72. The molecule has 0 spiro atoms. The number of thioether (sulfide) groups is 1. The standard InChI is InChI=1S/C8H16O2S/c1-3-5-6-10-8(9)7-11-4-2/h3-7H2,1-2H3. The average Bonchev–Trinajstić information content (AvgIpc) is 2.01. The van der Waals surface area contributed by atoms with E-state index < -0.39 is 0 Å². The summed E-state index contributed by atoms with van der Waals surface area (Å²) in [6, 6.07) is 0. The highest BCUT2D eigenvalue weighted by Gasteiger charge is 1.99. The van der Waals surface area contributed by atoms with Gasteiger partial charge in [-0.2, -0.15) is 11.8 Å². The molecule has 2 nitrogen and oxygen atoms in total. The van der Waals surface area contributed by atoms with E-state index in [2.05, 4.69) is 6.92 Å². The molecule has 0 aliphatic carbocycles. The second-order valence-corrected chi connectivity index (χ2v) is 3.49. The van der Waals surface area contributed by atoms with E-state index in [9.17, 15) is 4.79 Å². The van der Waals surface area contributed by atoms with Crippen LogP contribution in [0.15, 0.2) is 0 Å². The van der Waals surface area contributed by atoms with Crippen molar-refractivity contribution >= 4 is 17.7 Å². The number of carbonyl (C=O) groups is 1. The summed E-state index contributed by atoms with van der Waals surface area (Å²) >= 11 is 1.60. The largest absolute Gasteiger partial charge is 0.465 e. The molecular formula is C8H16O2S. The van der Waals surface area contributed by atoms with Crippen molar-refractivity contribution in [1.82, 2.24) is 0 Å². The smallest absolute Gasteiger partial charge is 0.315 e. The maximum absolute atomic E-state index is 10.8. The number of esters is 1. The van der Waals surface area contributed by atoms with E-state index in [0.717, 1.165) is 18.6 Å². The lowest BCUT2D eigenvalue weighted by molar-refractivity contribution is -0.140. The van der Waals surface area contributed by atoms with Gasteiger partial charge >= 0.3 is 5.97 Å². The Kier molecular flexibility index (Phi) is 7.79. The summed E-state index contributed by atoms with van der Waals surface area (Å²) in [6.45, 7) is 4.69. The van der Waals surface area contributed by atoms with Crippen LogP contribution in [0.25, 0.3) is 0 Å². The Hall–Kier alpha value is -0.180. The molecule has 0 aromatic carbocycles. The van der Waals surface area contributed by atoms with Crippen molar-refractivity contribution in [2.75, 3.05) is 18.1 Å². The molecule has 3 heteroatoms. The summed E-state index contributed by atoms with van der Waals surface area (Å²) in [4.78, 5) is 10.8. The van der Waals surface area contributed by atoms with Gasteiger partial charge in [0.25, 0.3) is 0 Å². The van der Waals surface area contributed by atoms with E-state index in [-0.39, 0.29) is 5.97 Å². The van der Waals surface area contributed by atoms with Crippen LogP contribution in [-0.2, 0) is 9.53 Å². The fourth-order valence-corrected chi connectivity index (χ4v) is 1.01. The third-order valence-electron chi connectivity index (χ3n) is 1.18. The predicted molar refractivity (Wildman–Crippen MR) is 48.9 cm³/mol. The van der Waals surface area contributed by atoms with Crippen LogP contribution in [0.4, 0.5) is 0 Å². The first-order valence-corrected chi connectivity index (χ1v) is 5.20. The van der Waals surface area contributed by atoms with Crippen molar-refractivity contribution in [3.63, 3.8) is 0 Å². The Morgan fingerprint density at radius 3 is 2.73 bits per heavy atom. The molecule has 0 aliphatic rings. The summed E-state index contributed by atoms with van der Waals surface area (Å²) in [6.07, 6.45) is 2.05. The van der Waals surface area contributed by atoms with E-state index in [1.807, 2.05) is 6.92 Å². The van der Waals surface area contributed by atoms with Gasteiger partial charge in [-0.3, -0.25) is 4.79 Å². The molecule has 0 aromatic heterocycles. The molecule has 66 valence electrons. The maximum Gasteiger partial charge on any atom is 0.315 e. The van der Waals surface area contributed by atoms with Crippen molar-refractivity contribution in [3.05, 3.63) is 0 Å². The van der Waals surface area contributed by atoms with Gasteiger partial charge in [-0.15, -0.1) is 0 Å². The van der Waals surface area contributed by atoms with Gasteiger partial charge in [0.2, 0.25) is 0 Å². The molecule has 0 saturated heterocycles. The van der Waals surface area contributed by atoms with E-state index in [4.69, 9.17) is 4.74 Å². The van der Waals surface area contributed by atoms with Gasteiger partial charge in [-0.25, -0.2) is 0 Å². The minimum absolute atomic E-state index is 0.0784. The second-order valence-electron chi connectivity index (χ2n) is 2.21. The van der Waals surface area contributed by atoms with E-state index in [1.165, 1.54) is 0 Å². The van der Waals surface area contributed by atoms with Crippen LogP contribution < -0.4 is 0 Å². The van der Waals surface area contributed by atoms with Crippen LogP contribution in [0.5, 0.6) is 0 Å². The Morgan fingerprint density at radius 2 is 2.18 bits per heavy atom. The maximum atomic E-state index is 10.8. The van der Waals surface area contributed by atoms with Gasteiger partial charge in [0, 0.05) is 0 Å². The van der Waals surface area contributed by atoms with Gasteiger partial charge in [0.1, 0.15) is 0 Å². The minimum atomic E-state index is -0.0784. The molecule has 0 N–H and O–H groups in total. The Bertz CT molecular complexity index is 104. The Morgan fingerprint density at radius 1 is 1.45 bits per heavy atom. The monoisotopic (exact) mass is 176 g/mol. The lowest BCUT2D eigenvalue weighted by Gasteiger charge is -2.01. The number of rotatable bonds is 6. The molecule has 0 heterocycles. The number of unbranched alkanes of at least 4 members (excludes halogenated alkanes) is 1. The van der Waals surface area contributed by atoms with Crippen molar-refractivity contribution in [2.24, 2.45) is 0 Å². The van der Waals surface area contributed by atoms with Gasteiger partial charge in [-0.1, -0.05) is 20.3 Å². The Labute approximate surface area is 72.7 Å². The van der Waals surface area contributed by atoms with Gasteiger partial charge in [0.05, 0.1) is 12.4 Å². The number of ether oxygens (including phenoxy) is 1. The molecule has 0 fully saturated rings. The summed E-state index contributed by atoms with van der Waals surface area (Å²) in [5.74, 6) is 1.40. The van der Waals surface area contributed by atoms with Crippen molar-refractivity contribution in [3.8, 4) is 0 Å². The van der Waals surface area contributed by atoms with Gasteiger partial charge in [-0.05, 0) is 12.2 Å². The predicted octanol–water partition coefficient (Wildman–Crippen LogP) is 2.08. The average molecular weight is 176 g/mol. The molecule has 0 aromatic rings. The Balaban J connectivity index is 3.09. The molecule has 0 rings (SSSR count). The summed E-state index contributed by atoms with van der Waals surface area (Å²) in [5.41, 5.74) is 0. The highest BCUT2D eigenvalue weighted by Crippen LogP contribution is 1.99. The summed E-state index contributed by atoms with van der Waals surface area (Å²) < 4.78 is 4.92. The molecule has 0 aliphatic heterocycles. The van der Waals surface area contributed by atoms with Crippen LogP contribution in [0.1, 0.15) is 26.7 Å². The fourth-order valence-electron chi connectivity index (χ4n) is 0.557. The number of hydrogen-bond acceptors (Lipinski definition) is 3. The zero-order valence-electron chi connectivity index (χ0n) is 7.26. The molecule has 0 amide bonds. The first-order valence-electron chi connectivity index (χ1n) is 4.04. The molecular weight excluding hydrogens is 160 g/mol. The van der Waals surface area contributed by atoms with Crippen LogP contribution in [0.3, 0.4) is 0 Å². The van der Waals surface area contributed by atoms with Crippen molar-refractivity contribution in [1.29, 1.82) is 0 Å². The summed E-state index contributed by atoms with van der Waals surface area (Å²) in [5, 5.41) is 0. The first kappa shape index (κ1) is 10.8. The topological polar surface area (TPSA) is 26.3 Å². The normalized spacial score (nSPS) is 9.64. The molecule has 0 bridgehead atoms. The lowest BCUT2D eigenvalue weighted by atomic mass is 10.4. The van der Waals surface area contributed by atoms with Crippen molar-refractivity contribution in [2.45, 2.75) is 26.7 Å². The number of carbonyl (C=O) groups excluding carboxylic acids is 1.